The molecular formula is C15H21BBr2O3. The monoisotopic (exact) mass is 418 g/mol. The van der Waals surface area contributed by atoms with Crippen molar-refractivity contribution in [3.05, 3.63) is 22.7 Å². The lowest BCUT2D eigenvalue weighted by molar-refractivity contribution is 0.00578. The van der Waals surface area contributed by atoms with Crippen LogP contribution in [0.4, 0.5) is 0 Å². The zero-order chi connectivity index (χ0) is 15.7. The second-order valence-electron chi connectivity index (χ2n) is 6.16. The van der Waals surface area contributed by atoms with Crippen molar-refractivity contribution in [1.82, 2.24) is 0 Å². The molecule has 1 aromatic rings. The van der Waals surface area contributed by atoms with Gasteiger partial charge in [0.05, 0.1) is 17.8 Å². The predicted octanol–water partition coefficient (Wildman–Crippen LogP) is 3.91. The molecular weight excluding hydrogens is 399 g/mol. The van der Waals surface area contributed by atoms with E-state index >= 15 is 0 Å². The minimum atomic E-state index is -0.360. The van der Waals surface area contributed by atoms with E-state index in [1.54, 1.807) is 0 Å². The van der Waals surface area contributed by atoms with Gasteiger partial charge in [0.2, 0.25) is 0 Å². The Morgan fingerprint density at radius 3 is 2.29 bits per heavy atom. The highest BCUT2D eigenvalue weighted by molar-refractivity contribution is 9.10. The number of halogens is 2. The maximum absolute atomic E-state index is 6.07. The number of alkyl halides is 1. The molecule has 1 aliphatic rings. The number of rotatable bonds is 5. The lowest BCUT2D eigenvalue weighted by Gasteiger charge is -2.32. The van der Waals surface area contributed by atoms with Crippen molar-refractivity contribution in [2.24, 2.45) is 0 Å². The number of hydrogen-bond acceptors (Lipinski definition) is 3. The molecule has 0 aromatic heterocycles. The molecule has 3 nitrogen and oxygen atoms in total. The third-order valence-corrected chi connectivity index (χ3v) is 5.27. The summed E-state index contributed by atoms with van der Waals surface area (Å²) in [6.45, 7) is 8.92. The van der Waals surface area contributed by atoms with Gasteiger partial charge in [-0.3, -0.25) is 0 Å². The summed E-state index contributed by atoms with van der Waals surface area (Å²) in [5, 5.41) is 0.945. The Morgan fingerprint density at radius 2 is 1.76 bits per heavy atom. The fourth-order valence-corrected chi connectivity index (χ4v) is 2.78. The van der Waals surface area contributed by atoms with E-state index in [1.807, 2.05) is 18.2 Å². The summed E-state index contributed by atoms with van der Waals surface area (Å²) in [6.07, 6.45) is 0.983. The molecule has 0 spiro atoms. The van der Waals surface area contributed by atoms with Gasteiger partial charge in [0, 0.05) is 9.80 Å². The van der Waals surface area contributed by atoms with Crippen LogP contribution in [0, 0.1) is 0 Å². The summed E-state index contributed by atoms with van der Waals surface area (Å²) in [7, 11) is -0.360. The van der Waals surface area contributed by atoms with Crippen LogP contribution >= 0.6 is 31.9 Å². The second-order valence-corrected chi connectivity index (χ2v) is 7.81. The van der Waals surface area contributed by atoms with Crippen molar-refractivity contribution in [2.75, 3.05) is 11.9 Å². The van der Waals surface area contributed by atoms with E-state index in [0.717, 1.165) is 27.4 Å². The molecule has 1 aliphatic heterocycles. The molecule has 6 heteroatoms. The predicted molar refractivity (Wildman–Crippen MR) is 93.8 cm³/mol. The molecule has 0 amide bonds. The van der Waals surface area contributed by atoms with Gasteiger partial charge in [-0.05, 0) is 51.7 Å². The van der Waals surface area contributed by atoms with Crippen LogP contribution < -0.4 is 10.2 Å². The van der Waals surface area contributed by atoms with Gasteiger partial charge in [-0.1, -0.05) is 37.9 Å². The third-order valence-electron chi connectivity index (χ3n) is 4.03. The van der Waals surface area contributed by atoms with Gasteiger partial charge in [-0.15, -0.1) is 0 Å². The Labute approximate surface area is 144 Å². The Balaban J connectivity index is 2.12. The van der Waals surface area contributed by atoms with E-state index in [2.05, 4.69) is 59.6 Å². The molecule has 0 radical (unpaired) electrons. The largest absolute Gasteiger partial charge is 0.496 e. The summed E-state index contributed by atoms with van der Waals surface area (Å²) < 4.78 is 18.8. The van der Waals surface area contributed by atoms with E-state index in [-0.39, 0.29) is 18.3 Å². The number of benzene rings is 1. The minimum absolute atomic E-state index is 0.331. The van der Waals surface area contributed by atoms with Crippen LogP contribution in [-0.2, 0) is 9.31 Å². The zero-order valence-electron chi connectivity index (χ0n) is 12.9. The Hall–Kier alpha value is -0.0351. The SMILES string of the molecule is CC1(C)OB(c2ccc(OCCCBr)cc2Br)OC1(C)C. The van der Waals surface area contributed by atoms with Crippen molar-refractivity contribution in [2.45, 2.75) is 45.3 Å². The maximum Gasteiger partial charge on any atom is 0.496 e. The summed E-state index contributed by atoms with van der Waals surface area (Å²) in [5.74, 6) is 0.850. The van der Waals surface area contributed by atoms with Gasteiger partial charge in [0.25, 0.3) is 0 Å². The van der Waals surface area contributed by atoms with Gasteiger partial charge in [-0.2, -0.15) is 0 Å². The van der Waals surface area contributed by atoms with Crippen molar-refractivity contribution < 1.29 is 14.0 Å². The molecule has 1 saturated heterocycles. The van der Waals surface area contributed by atoms with Crippen LogP contribution in [-0.4, -0.2) is 30.3 Å². The van der Waals surface area contributed by atoms with Crippen molar-refractivity contribution in [3.63, 3.8) is 0 Å². The minimum Gasteiger partial charge on any atom is -0.494 e. The fourth-order valence-electron chi connectivity index (χ4n) is 2.00. The molecule has 0 atom stereocenters. The first-order chi connectivity index (χ1) is 9.77. The number of ether oxygens (including phenoxy) is 1. The zero-order valence-corrected chi connectivity index (χ0v) is 16.1. The van der Waals surface area contributed by atoms with Gasteiger partial charge in [-0.25, -0.2) is 0 Å². The van der Waals surface area contributed by atoms with Gasteiger partial charge >= 0.3 is 7.12 Å². The van der Waals surface area contributed by atoms with Crippen LogP contribution in [0.15, 0.2) is 22.7 Å². The van der Waals surface area contributed by atoms with Gasteiger partial charge in [0.15, 0.2) is 0 Å². The van der Waals surface area contributed by atoms with Crippen molar-refractivity contribution >= 4 is 44.4 Å². The topological polar surface area (TPSA) is 27.7 Å². The highest BCUT2D eigenvalue weighted by Gasteiger charge is 2.52. The fraction of sp³-hybridized carbons (Fsp3) is 0.600. The summed E-state index contributed by atoms with van der Waals surface area (Å²) in [6, 6.07) is 5.92. The van der Waals surface area contributed by atoms with Crippen LogP contribution in [0.25, 0.3) is 0 Å². The Kier molecular flexibility index (Phi) is 5.45. The van der Waals surface area contributed by atoms with Crippen molar-refractivity contribution in [1.29, 1.82) is 0 Å². The quantitative estimate of drug-likeness (QED) is 0.411. The van der Waals surface area contributed by atoms with E-state index in [0.29, 0.717) is 6.61 Å². The van der Waals surface area contributed by atoms with Crippen LogP contribution in [0.5, 0.6) is 5.75 Å². The van der Waals surface area contributed by atoms with E-state index in [1.165, 1.54) is 0 Å². The molecule has 0 bridgehead atoms. The van der Waals surface area contributed by atoms with Gasteiger partial charge < -0.3 is 14.0 Å². The molecule has 116 valence electrons. The molecule has 0 N–H and O–H groups in total. The van der Waals surface area contributed by atoms with Crippen LogP contribution in [0.2, 0.25) is 0 Å². The van der Waals surface area contributed by atoms with Crippen LogP contribution in [0.3, 0.4) is 0 Å². The summed E-state index contributed by atoms with van der Waals surface area (Å²) in [4.78, 5) is 0. The lowest BCUT2D eigenvalue weighted by Crippen LogP contribution is -2.41. The maximum atomic E-state index is 6.07. The first-order valence-electron chi connectivity index (χ1n) is 7.11. The summed E-state index contributed by atoms with van der Waals surface area (Å²) in [5.41, 5.74) is 0.325. The molecule has 1 fully saturated rings. The molecule has 0 unspecified atom stereocenters. The van der Waals surface area contributed by atoms with Crippen molar-refractivity contribution in [3.8, 4) is 5.75 Å². The van der Waals surface area contributed by atoms with E-state index in [9.17, 15) is 0 Å². The smallest absolute Gasteiger partial charge is 0.494 e. The first kappa shape index (κ1) is 17.3. The Bertz CT molecular complexity index is 490. The second kappa shape index (κ2) is 6.61. The molecule has 1 heterocycles. The van der Waals surface area contributed by atoms with Gasteiger partial charge in [0.1, 0.15) is 5.75 Å². The highest BCUT2D eigenvalue weighted by Crippen LogP contribution is 2.37. The van der Waals surface area contributed by atoms with E-state index in [4.69, 9.17) is 14.0 Å². The van der Waals surface area contributed by atoms with Crippen LogP contribution in [0.1, 0.15) is 34.1 Å². The molecule has 0 saturated carbocycles. The Morgan fingerprint density at radius 1 is 1.14 bits per heavy atom. The molecule has 0 aliphatic carbocycles. The average molecular weight is 420 g/mol. The molecule has 1 aromatic carbocycles. The molecule has 2 rings (SSSR count). The highest BCUT2D eigenvalue weighted by atomic mass is 79.9. The number of hydrogen-bond donors (Lipinski definition) is 0. The first-order valence-corrected chi connectivity index (χ1v) is 9.02. The normalized spacial score (nSPS) is 19.8. The molecule has 21 heavy (non-hydrogen) atoms. The lowest BCUT2D eigenvalue weighted by atomic mass is 9.79. The average Bonchev–Trinajstić information content (AvgIpc) is 2.58. The van der Waals surface area contributed by atoms with E-state index < -0.39 is 0 Å². The standard InChI is InChI=1S/C15H21BBr2O3/c1-14(2)15(3,4)21-16(20-14)12-7-6-11(10-13(12)18)19-9-5-8-17/h6-7,10H,5,8-9H2,1-4H3. The summed E-state index contributed by atoms with van der Waals surface area (Å²) >= 11 is 6.98. The third kappa shape index (κ3) is 3.84.